The highest BCUT2D eigenvalue weighted by atomic mass is 32.2. The molecule has 0 bridgehead atoms. The van der Waals surface area contributed by atoms with Crippen molar-refractivity contribution in [3.05, 3.63) is 40.5 Å². The molecule has 2 aliphatic rings. The van der Waals surface area contributed by atoms with E-state index in [1.54, 1.807) is 29.7 Å². The van der Waals surface area contributed by atoms with Crippen molar-refractivity contribution < 1.29 is 9.90 Å². The van der Waals surface area contributed by atoms with Crippen LogP contribution in [0.5, 0.6) is 0 Å². The number of fused-ring (bicyclic) bond motifs is 1. The molecule has 1 saturated heterocycles. The maximum Gasteiger partial charge on any atom is 0.254 e. The van der Waals surface area contributed by atoms with E-state index in [-0.39, 0.29) is 11.9 Å². The molecule has 27 heavy (non-hydrogen) atoms. The lowest BCUT2D eigenvalue weighted by atomic mass is 9.77. The van der Waals surface area contributed by atoms with Gasteiger partial charge in [-0.05, 0) is 43.1 Å². The molecule has 2 aromatic heterocycles. The van der Waals surface area contributed by atoms with Gasteiger partial charge in [-0.25, -0.2) is 9.97 Å². The van der Waals surface area contributed by atoms with Gasteiger partial charge in [0.1, 0.15) is 10.0 Å². The predicted molar refractivity (Wildman–Crippen MR) is 107 cm³/mol. The van der Waals surface area contributed by atoms with Crippen molar-refractivity contribution in [3.63, 3.8) is 0 Å². The molecule has 1 aliphatic heterocycles. The van der Waals surface area contributed by atoms with Crippen LogP contribution in [0.1, 0.15) is 28.2 Å². The maximum atomic E-state index is 12.7. The Kier molecular flexibility index (Phi) is 5.77. The summed E-state index contributed by atoms with van der Waals surface area (Å²) in [6.45, 7) is 2.89. The number of nitrogens with zero attached hydrogens (tertiary/aromatic N) is 3. The van der Waals surface area contributed by atoms with Crippen LogP contribution in [0.4, 0.5) is 0 Å². The van der Waals surface area contributed by atoms with E-state index in [4.69, 9.17) is 0 Å². The van der Waals surface area contributed by atoms with Crippen molar-refractivity contribution in [2.75, 3.05) is 19.3 Å². The normalized spacial score (nSPS) is 28.1. The van der Waals surface area contributed by atoms with Gasteiger partial charge < -0.3 is 10.4 Å². The molecule has 0 radical (unpaired) electrons. The van der Waals surface area contributed by atoms with E-state index < -0.39 is 6.10 Å². The molecule has 4 rings (SSSR count). The van der Waals surface area contributed by atoms with Gasteiger partial charge in [-0.15, -0.1) is 23.1 Å². The van der Waals surface area contributed by atoms with Gasteiger partial charge in [-0.2, -0.15) is 0 Å². The Morgan fingerprint density at radius 1 is 1.33 bits per heavy atom. The molecule has 0 aromatic carbocycles. The third-order valence-electron chi connectivity index (χ3n) is 5.59. The van der Waals surface area contributed by atoms with Gasteiger partial charge in [0.2, 0.25) is 0 Å². The second kappa shape index (κ2) is 8.26. The highest BCUT2D eigenvalue weighted by molar-refractivity contribution is 7.98. The van der Waals surface area contributed by atoms with E-state index in [0.29, 0.717) is 22.4 Å². The summed E-state index contributed by atoms with van der Waals surface area (Å²) in [6.07, 6.45) is 6.52. The summed E-state index contributed by atoms with van der Waals surface area (Å²) in [5.41, 5.74) is 0.580. The molecule has 1 amide bonds. The van der Waals surface area contributed by atoms with Gasteiger partial charge in [0.05, 0.1) is 24.3 Å². The first-order valence-corrected chi connectivity index (χ1v) is 11.3. The van der Waals surface area contributed by atoms with Crippen molar-refractivity contribution in [2.45, 2.75) is 36.6 Å². The van der Waals surface area contributed by atoms with Crippen molar-refractivity contribution in [1.82, 2.24) is 20.2 Å². The number of carbonyl (C=O) groups is 1. The quantitative estimate of drug-likeness (QED) is 0.745. The van der Waals surface area contributed by atoms with Crippen LogP contribution in [0, 0.1) is 11.8 Å². The van der Waals surface area contributed by atoms with E-state index in [1.165, 1.54) is 11.8 Å². The highest BCUT2D eigenvalue weighted by Gasteiger charge is 2.42. The van der Waals surface area contributed by atoms with E-state index in [2.05, 4.69) is 20.2 Å². The number of aliphatic hydroxyl groups is 1. The summed E-state index contributed by atoms with van der Waals surface area (Å²) in [5, 5.41) is 17.5. The van der Waals surface area contributed by atoms with Crippen molar-refractivity contribution in [3.8, 4) is 0 Å². The predicted octanol–water partition coefficient (Wildman–Crippen LogP) is 2.26. The molecule has 0 unspecified atom stereocenters. The number of amides is 1. The second-order valence-electron chi connectivity index (χ2n) is 7.32. The lowest BCUT2D eigenvalue weighted by Crippen LogP contribution is -2.49. The average molecular weight is 405 g/mol. The number of rotatable bonds is 5. The minimum Gasteiger partial charge on any atom is -0.391 e. The van der Waals surface area contributed by atoms with Crippen LogP contribution in [-0.4, -0.2) is 57.4 Å². The fourth-order valence-electron chi connectivity index (χ4n) is 4.31. The molecule has 8 heteroatoms. The zero-order valence-electron chi connectivity index (χ0n) is 15.2. The number of thiazole rings is 1. The summed E-state index contributed by atoms with van der Waals surface area (Å²) < 4.78 is 0. The molecule has 1 saturated carbocycles. The van der Waals surface area contributed by atoms with Crippen molar-refractivity contribution >= 4 is 29.0 Å². The van der Waals surface area contributed by atoms with Crippen LogP contribution >= 0.6 is 23.1 Å². The lowest BCUT2D eigenvalue weighted by molar-refractivity contribution is 0.0460. The van der Waals surface area contributed by atoms with Crippen LogP contribution in [0.3, 0.4) is 0 Å². The van der Waals surface area contributed by atoms with Crippen LogP contribution in [0.25, 0.3) is 0 Å². The Hall–Kier alpha value is -1.48. The highest BCUT2D eigenvalue weighted by Crippen LogP contribution is 2.37. The Balaban J connectivity index is 1.38. The Labute approximate surface area is 167 Å². The minimum absolute atomic E-state index is 0.146. The van der Waals surface area contributed by atoms with Gasteiger partial charge in [0.15, 0.2) is 0 Å². The van der Waals surface area contributed by atoms with Gasteiger partial charge in [0, 0.05) is 30.9 Å². The van der Waals surface area contributed by atoms with Gasteiger partial charge >= 0.3 is 0 Å². The minimum atomic E-state index is -0.496. The van der Waals surface area contributed by atoms with Crippen LogP contribution in [0.2, 0.25) is 0 Å². The third-order valence-corrected chi connectivity index (χ3v) is 7.06. The Bertz CT molecular complexity index is 786. The zero-order chi connectivity index (χ0) is 18.8. The molecule has 3 heterocycles. The Morgan fingerprint density at radius 3 is 2.89 bits per heavy atom. The fraction of sp³-hybridized carbons (Fsp3) is 0.526. The molecule has 2 N–H and O–H groups in total. The first-order chi connectivity index (χ1) is 13.1. The number of hydrogen-bond donors (Lipinski definition) is 2. The molecule has 144 valence electrons. The fourth-order valence-corrected chi connectivity index (χ4v) is 5.51. The number of pyridine rings is 1. The molecule has 0 spiro atoms. The van der Waals surface area contributed by atoms with Crippen LogP contribution in [-0.2, 0) is 6.54 Å². The smallest absolute Gasteiger partial charge is 0.254 e. The molecule has 4 atom stereocenters. The standard InChI is InChI=1S/C19H24N4O2S2/c1-26-19-14(3-2-4-21-19)18(25)22-15-7-12-9-23(10-13(12)8-16(15)24)11-17-20-5-6-27-17/h2-6,12-13,15-16,24H,7-11H2,1H3,(H,22,25)/t12-,13+,15-,16-/m0/s1. The lowest BCUT2D eigenvalue weighted by Gasteiger charge is -2.35. The maximum absolute atomic E-state index is 12.7. The first-order valence-electron chi connectivity index (χ1n) is 9.22. The molecule has 2 aromatic rings. The summed E-state index contributed by atoms with van der Waals surface area (Å²) in [5.74, 6) is 0.855. The van der Waals surface area contributed by atoms with E-state index >= 15 is 0 Å². The molecule has 6 nitrogen and oxygen atoms in total. The van der Waals surface area contributed by atoms with Crippen LogP contribution in [0.15, 0.2) is 34.9 Å². The van der Waals surface area contributed by atoms with E-state index in [0.717, 1.165) is 37.5 Å². The molecule has 2 fully saturated rings. The number of thioether (sulfide) groups is 1. The topological polar surface area (TPSA) is 78.4 Å². The van der Waals surface area contributed by atoms with Crippen molar-refractivity contribution in [2.24, 2.45) is 11.8 Å². The summed E-state index contributed by atoms with van der Waals surface area (Å²) >= 11 is 3.14. The molecule has 1 aliphatic carbocycles. The first kappa shape index (κ1) is 18.9. The van der Waals surface area contributed by atoms with E-state index in [1.807, 2.05) is 17.8 Å². The van der Waals surface area contributed by atoms with Gasteiger partial charge in [-0.3, -0.25) is 9.69 Å². The summed E-state index contributed by atoms with van der Waals surface area (Å²) in [7, 11) is 0. The van der Waals surface area contributed by atoms with E-state index in [9.17, 15) is 9.90 Å². The number of nitrogens with one attached hydrogen (secondary N) is 1. The third kappa shape index (κ3) is 4.18. The number of aromatic nitrogens is 2. The zero-order valence-corrected chi connectivity index (χ0v) is 16.9. The van der Waals surface area contributed by atoms with Crippen molar-refractivity contribution in [1.29, 1.82) is 0 Å². The average Bonchev–Trinajstić information content (AvgIpc) is 3.31. The summed E-state index contributed by atoms with van der Waals surface area (Å²) in [4.78, 5) is 23.8. The number of hydrogen-bond acceptors (Lipinski definition) is 7. The number of carbonyl (C=O) groups excluding carboxylic acids is 1. The summed E-state index contributed by atoms with van der Waals surface area (Å²) in [6, 6.07) is 3.36. The SMILES string of the molecule is CSc1ncccc1C(=O)N[C@H]1C[C@H]2CN(Cc3nccs3)C[C@H]2C[C@@H]1O. The molecular weight excluding hydrogens is 380 g/mol. The molecular formula is C19H24N4O2S2. The monoisotopic (exact) mass is 404 g/mol. The number of aliphatic hydroxyl groups excluding tert-OH is 1. The van der Waals surface area contributed by atoms with Crippen LogP contribution < -0.4 is 5.32 Å². The number of likely N-dealkylation sites (tertiary alicyclic amines) is 1. The second-order valence-corrected chi connectivity index (χ2v) is 9.09. The van der Waals surface area contributed by atoms with Gasteiger partial charge in [0.25, 0.3) is 5.91 Å². The van der Waals surface area contributed by atoms with Gasteiger partial charge in [-0.1, -0.05) is 0 Å². The Morgan fingerprint density at radius 2 is 2.15 bits per heavy atom. The largest absolute Gasteiger partial charge is 0.391 e.